The minimum absolute atomic E-state index is 0.139. The van der Waals surface area contributed by atoms with Crippen molar-refractivity contribution in [2.24, 2.45) is 0 Å². The molecule has 2 amide bonds. The second kappa shape index (κ2) is 8.31. The van der Waals surface area contributed by atoms with Crippen LogP contribution in [0.4, 0.5) is 4.79 Å². The fraction of sp³-hybridized carbons (Fsp3) is 0.471. The third-order valence-electron chi connectivity index (χ3n) is 2.90. The molecule has 1 rings (SSSR count). The first-order valence-corrected chi connectivity index (χ1v) is 7.48. The van der Waals surface area contributed by atoms with Gasteiger partial charge in [-0.1, -0.05) is 30.3 Å². The predicted molar refractivity (Wildman–Crippen MR) is 87.0 cm³/mol. The van der Waals surface area contributed by atoms with Crippen LogP contribution >= 0.6 is 0 Å². The molecule has 0 heterocycles. The van der Waals surface area contributed by atoms with Gasteiger partial charge in [0.25, 0.3) is 0 Å². The lowest BCUT2D eigenvalue weighted by molar-refractivity contribution is -0.126. The first-order chi connectivity index (χ1) is 10.7. The average Bonchev–Trinajstić information content (AvgIpc) is 2.43. The minimum Gasteiger partial charge on any atom is -0.444 e. The number of rotatable bonds is 6. The Bertz CT molecular complexity index is 549. The highest BCUT2D eigenvalue weighted by Crippen LogP contribution is 2.06. The van der Waals surface area contributed by atoms with E-state index in [9.17, 15) is 14.4 Å². The monoisotopic (exact) mass is 320 g/mol. The molecule has 126 valence electrons. The molecule has 1 aromatic rings. The third kappa shape index (κ3) is 7.99. The van der Waals surface area contributed by atoms with Crippen LogP contribution in [0.2, 0.25) is 0 Å². The van der Waals surface area contributed by atoms with Gasteiger partial charge in [-0.25, -0.2) is 4.79 Å². The predicted octanol–water partition coefficient (Wildman–Crippen LogP) is 1.83. The normalized spacial score (nSPS) is 12.2. The van der Waals surface area contributed by atoms with E-state index in [2.05, 4.69) is 10.6 Å². The van der Waals surface area contributed by atoms with Crippen LogP contribution in [0.3, 0.4) is 0 Å². The van der Waals surface area contributed by atoms with Gasteiger partial charge in [0, 0.05) is 0 Å². The number of Topliss-reactive ketones (excluding diaryl/α,β-unsaturated/α-hetero) is 1. The number of ether oxygens (including phenoxy) is 1. The summed E-state index contributed by atoms with van der Waals surface area (Å²) in [5, 5.41) is 4.99. The van der Waals surface area contributed by atoms with E-state index in [1.807, 2.05) is 30.3 Å². The maximum Gasteiger partial charge on any atom is 0.408 e. The fourth-order valence-electron chi connectivity index (χ4n) is 1.86. The van der Waals surface area contributed by atoms with Gasteiger partial charge < -0.3 is 15.4 Å². The topological polar surface area (TPSA) is 84.5 Å². The van der Waals surface area contributed by atoms with Crippen molar-refractivity contribution in [3.05, 3.63) is 35.9 Å². The summed E-state index contributed by atoms with van der Waals surface area (Å²) in [7, 11) is 0. The molecule has 0 saturated carbocycles. The summed E-state index contributed by atoms with van der Waals surface area (Å²) in [6, 6.07) is 8.79. The zero-order valence-corrected chi connectivity index (χ0v) is 14.0. The number of amides is 2. The molecular formula is C17H24N2O4. The lowest BCUT2D eigenvalue weighted by Crippen LogP contribution is -2.46. The van der Waals surface area contributed by atoms with E-state index in [0.29, 0.717) is 6.42 Å². The number of nitrogens with one attached hydrogen (secondary N) is 2. The second-order valence-electron chi connectivity index (χ2n) is 6.28. The van der Waals surface area contributed by atoms with Gasteiger partial charge in [-0.2, -0.15) is 0 Å². The lowest BCUT2D eigenvalue weighted by atomic mass is 10.0. The van der Waals surface area contributed by atoms with E-state index < -0.39 is 23.6 Å². The highest BCUT2D eigenvalue weighted by atomic mass is 16.6. The molecule has 0 fully saturated rings. The Hall–Kier alpha value is -2.37. The summed E-state index contributed by atoms with van der Waals surface area (Å²) in [4.78, 5) is 35.1. The van der Waals surface area contributed by atoms with E-state index in [0.717, 1.165) is 5.56 Å². The Balaban J connectivity index is 2.49. The molecule has 0 radical (unpaired) electrons. The number of hydrogen-bond acceptors (Lipinski definition) is 4. The first-order valence-electron chi connectivity index (χ1n) is 7.48. The van der Waals surface area contributed by atoms with Gasteiger partial charge >= 0.3 is 6.09 Å². The maximum atomic E-state index is 11.9. The molecule has 23 heavy (non-hydrogen) atoms. The molecule has 0 saturated heterocycles. The van der Waals surface area contributed by atoms with Crippen molar-refractivity contribution >= 4 is 17.8 Å². The molecule has 1 aromatic carbocycles. The van der Waals surface area contributed by atoms with E-state index in [4.69, 9.17) is 4.74 Å². The molecule has 0 aromatic heterocycles. The van der Waals surface area contributed by atoms with Gasteiger partial charge in [0.15, 0.2) is 5.78 Å². The van der Waals surface area contributed by atoms with Crippen LogP contribution in [0, 0.1) is 0 Å². The molecule has 6 heteroatoms. The summed E-state index contributed by atoms with van der Waals surface area (Å²) in [5.74, 6) is -0.577. The van der Waals surface area contributed by atoms with Gasteiger partial charge in [0.2, 0.25) is 5.91 Å². The minimum atomic E-state index is -0.671. The van der Waals surface area contributed by atoms with Crippen LogP contribution in [-0.4, -0.2) is 36.0 Å². The third-order valence-corrected chi connectivity index (χ3v) is 2.90. The Kier molecular flexibility index (Phi) is 6.75. The Morgan fingerprint density at radius 3 is 2.26 bits per heavy atom. The number of benzene rings is 1. The molecule has 0 aliphatic heterocycles. The molecule has 1 unspecified atom stereocenters. The average molecular weight is 320 g/mol. The molecule has 0 bridgehead atoms. The van der Waals surface area contributed by atoms with Crippen molar-refractivity contribution in [2.75, 3.05) is 6.54 Å². The summed E-state index contributed by atoms with van der Waals surface area (Å²) in [6.45, 7) is 6.39. The van der Waals surface area contributed by atoms with Crippen LogP contribution in [0.15, 0.2) is 30.3 Å². The molecule has 0 spiro atoms. The summed E-state index contributed by atoms with van der Waals surface area (Å²) >= 11 is 0. The van der Waals surface area contributed by atoms with Crippen molar-refractivity contribution in [3.63, 3.8) is 0 Å². The smallest absolute Gasteiger partial charge is 0.408 e. The number of carbonyl (C=O) groups excluding carboxylic acids is 3. The molecule has 6 nitrogen and oxygen atoms in total. The SMILES string of the molecule is CC(=O)C(Cc1ccccc1)NC(=O)CNC(=O)OC(C)(C)C. The Morgan fingerprint density at radius 1 is 1.13 bits per heavy atom. The highest BCUT2D eigenvalue weighted by Gasteiger charge is 2.19. The van der Waals surface area contributed by atoms with Crippen LogP contribution in [-0.2, 0) is 20.7 Å². The fourth-order valence-corrected chi connectivity index (χ4v) is 1.86. The van der Waals surface area contributed by atoms with Crippen LogP contribution in [0.5, 0.6) is 0 Å². The van der Waals surface area contributed by atoms with Gasteiger partial charge in [-0.15, -0.1) is 0 Å². The van der Waals surface area contributed by atoms with E-state index in [1.165, 1.54) is 6.92 Å². The molecule has 0 aliphatic carbocycles. The van der Waals surface area contributed by atoms with E-state index >= 15 is 0 Å². The molecule has 0 aliphatic rings. The van der Waals surface area contributed by atoms with Gasteiger partial charge in [-0.3, -0.25) is 9.59 Å². The largest absolute Gasteiger partial charge is 0.444 e. The van der Waals surface area contributed by atoms with Crippen LogP contribution in [0.1, 0.15) is 33.3 Å². The second-order valence-corrected chi connectivity index (χ2v) is 6.28. The summed E-state index contributed by atoms with van der Waals surface area (Å²) in [5.41, 5.74) is 0.323. The number of alkyl carbamates (subject to hydrolysis) is 1. The van der Waals surface area contributed by atoms with E-state index in [-0.39, 0.29) is 12.3 Å². The molecular weight excluding hydrogens is 296 g/mol. The lowest BCUT2D eigenvalue weighted by Gasteiger charge is -2.20. The van der Waals surface area contributed by atoms with Crippen LogP contribution in [0.25, 0.3) is 0 Å². The van der Waals surface area contributed by atoms with Crippen molar-refractivity contribution in [3.8, 4) is 0 Å². The van der Waals surface area contributed by atoms with Crippen molar-refractivity contribution in [2.45, 2.75) is 45.8 Å². The van der Waals surface area contributed by atoms with Crippen molar-refractivity contribution in [1.29, 1.82) is 0 Å². The van der Waals surface area contributed by atoms with E-state index in [1.54, 1.807) is 20.8 Å². The summed E-state index contributed by atoms with van der Waals surface area (Å²) in [6.07, 6.45) is -0.260. The zero-order valence-electron chi connectivity index (χ0n) is 14.0. The first kappa shape index (κ1) is 18.7. The quantitative estimate of drug-likeness (QED) is 0.837. The number of carbonyl (C=O) groups is 3. The van der Waals surface area contributed by atoms with Gasteiger partial charge in [-0.05, 0) is 39.7 Å². The van der Waals surface area contributed by atoms with Gasteiger partial charge in [0.05, 0.1) is 6.04 Å². The highest BCUT2D eigenvalue weighted by molar-refractivity contribution is 5.89. The van der Waals surface area contributed by atoms with Crippen molar-refractivity contribution in [1.82, 2.24) is 10.6 Å². The standard InChI is InChI=1S/C17H24N2O4/c1-12(20)14(10-13-8-6-5-7-9-13)19-15(21)11-18-16(22)23-17(2,3)4/h5-9,14H,10-11H2,1-4H3,(H,18,22)(H,19,21). The number of ketones is 1. The van der Waals surface area contributed by atoms with Gasteiger partial charge in [0.1, 0.15) is 12.1 Å². The summed E-state index contributed by atoms with van der Waals surface area (Å²) < 4.78 is 5.04. The van der Waals surface area contributed by atoms with Crippen LogP contribution < -0.4 is 10.6 Å². The molecule has 2 N–H and O–H groups in total. The Labute approximate surface area is 136 Å². The molecule has 1 atom stereocenters. The van der Waals surface area contributed by atoms with Crippen molar-refractivity contribution < 1.29 is 19.1 Å². The maximum absolute atomic E-state index is 11.9. The number of hydrogen-bond donors (Lipinski definition) is 2. The zero-order chi connectivity index (χ0) is 17.5. The Morgan fingerprint density at radius 2 is 1.74 bits per heavy atom.